The fourth-order valence-electron chi connectivity index (χ4n) is 4.09. The molecule has 1 atom stereocenters. The Balaban J connectivity index is 1.56. The highest BCUT2D eigenvalue weighted by Gasteiger charge is 2.35. The number of carbonyl (C=O) groups is 2. The summed E-state index contributed by atoms with van der Waals surface area (Å²) in [4.78, 5) is 30.0. The van der Waals surface area contributed by atoms with Crippen LogP contribution in [0.3, 0.4) is 0 Å². The zero-order chi connectivity index (χ0) is 25.6. The van der Waals surface area contributed by atoms with E-state index in [4.69, 9.17) is 9.15 Å². The lowest BCUT2D eigenvalue weighted by molar-refractivity contribution is -0.127. The van der Waals surface area contributed by atoms with Crippen molar-refractivity contribution in [2.75, 3.05) is 11.5 Å². The topological polar surface area (TPSA) is 102 Å². The molecule has 0 fully saturated rings. The minimum Gasteiger partial charge on any atom is -0.492 e. The molecule has 0 unspecified atom stereocenters. The van der Waals surface area contributed by atoms with Gasteiger partial charge in [-0.05, 0) is 54.8 Å². The predicted molar refractivity (Wildman–Crippen MR) is 140 cm³/mol. The molecule has 10 heteroatoms. The number of nitrogens with zero attached hydrogens (tertiary/aromatic N) is 4. The second kappa shape index (κ2) is 11.1. The number of anilines is 1. The van der Waals surface area contributed by atoms with Crippen LogP contribution in [0, 0.1) is 0 Å². The summed E-state index contributed by atoms with van der Waals surface area (Å²) >= 11 is 1.40. The maximum atomic E-state index is 14.1. The summed E-state index contributed by atoms with van der Waals surface area (Å²) in [6, 6.07) is 20.9. The van der Waals surface area contributed by atoms with Crippen LogP contribution in [0.15, 0.2) is 88.9 Å². The van der Waals surface area contributed by atoms with E-state index in [0.29, 0.717) is 34.2 Å². The van der Waals surface area contributed by atoms with Crippen LogP contribution in [0.5, 0.6) is 5.75 Å². The molecule has 0 spiro atoms. The first-order valence-electron chi connectivity index (χ1n) is 11.8. The van der Waals surface area contributed by atoms with Gasteiger partial charge in [0.25, 0.3) is 0 Å². The summed E-state index contributed by atoms with van der Waals surface area (Å²) in [5, 5.41) is 13.2. The Morgan fingerprint density at radius 3 is 2.70 bits per heavy atom. The molecule has 0 saturated carbocycles. The second-order valence-electron chi connectivity index (χ2n) is 8.12. The van der Waals surface area contributed by atoms with Crippen molar-refractivity contribution >= 4 is 39.9 Å². The number of carbonyl (C=O) groups excluding carboxylic acids is 2. The fraction of sp³-hybridized carbons (Fsp3) is 0.185. The number of ether oxygens (including phenoxy) is 1. The lowest BCUT2D eigenvalue weighted by Crippen LogP contribution is -2.45. The number of benzene rings is 2. The van der Waals surface area contributed by atoms with Gasteiger partial charge in [-0.15, -0.1) is 16.4 Å². The zero-order valence-electron chi connectivity index (χ0n) is 20.1. The number of fused-ring (bicyclic) bond motifs is 1. The number of hydrogen-bond donors (Lipinski definition) is 1. The van der Waals surface area contributed by atoms with E-state index in [1.807, 2.05) is 60.8 Å². The minimum atomic E-state index is -0.946. The summed E-state index contributed by atoms with van der Waals surface area (Å²) < 4.78 is 12.8. The highest BCUT2D eigenvalue weighted by molar-refractivity contribution is 7.10. The molecule has 3 aromatic heterocycles. The first-order valence-corrected chi connectivity index (χ1v) is 12.7. The lowest BCUT2D eigenvalue weighted by atomic mass is 10.1. The van der Waals surface area contributed by atoms with Crippen LogP contribution in [0.2, 0.25) is 0 Å². The molecule has 3 heterocycles. The van der Waals surface area contributed by atoms with Crippen molar-refractivity contribution in [3.63, 3.8) is 0 Å². The van der Waals surface area contributed by atoms with Crippen molar-refractivity contribution in [3.05, 3.63) is 95.1 Å². The van der Waals surface area contributed by atoms with E-state index >= 15 is 0 Å². The average Bonchev–Trinajstić information content (AvgIpc) is 3.70. The molecule has 0 radical (unpaired) electrons. The maximum Gasteiger partial charge on any atom is 0.249 e. The van der Waals surface area contributed by atoms with Crippen LogP contribution in [0.1, 0.15) is 23.6 Å². The third-order valence-electron chi connectivity index (χ3n) is 5.73. The summed E-state index contributed by atoms with van der Waals surface area (Å²) in [5.41, 5.74) is 1.90. The van der Waals surface area contributed by atoms with Gasteiger partial charge in [0.15, 0.2) is 0 Å². The van der Waals surface area contributed by atoms with Gasteiger partial charge in [0.05, 0.1) is 30.6 Å². The molecule has 188 valence electrons. The van der Waals surface area contributed by atoms with E-state index in [1.54, 1.807) is 35.2 Å². The normalized spacial score (nSPS) is 11.8. The molecule has 5 rings (SSSR count). The van der Waals surface area contributed by atoms with Gasteiger partial charge in [0.2, 0.25) is 11.8 Å². The molecule has 37 heavy (non-hydrogen) atoms. The monoisotopic (exact) mass is 515 g/mol. The average molecular weight is 516 g/mol. The van der Waals surface area contributed by atoms with Crippen LogP contribution < -0.4 is 15.0 Å². The molecule has 0 bridgehead atoms. The lowest BCUT2D eigenvalue weighted by Gasteiger charge is -2.31. The fourth-order valence-corrected chi connectivity index (χ4v) is 4.91. The quantitative estimate of drug-likeness (QED) is 0.292. The molecular formula is C27H25N5O4S. The van der Waals surface area contributed by atoms with Gasteiger partial charge in [-0.25, -0.2) is 4.68 Å². The maximum absolute atomic E-state index is 14.1. The molecule has 9 nitrogen and oxygen atoms in total. The van der Waals surface area contributed by atoms with E-state index in [2.05, 4.69) is 15.6 Å². The number of aromatic nitrogens is 3. The zero-order valence-corrected chi connectivity index (χ0v) is 20.9. The summed E-state index contributed by atoms with van der Waals surface area (Å²) in [7, 11) is 0. The van der Waals surface area contributed by atoms with E-state index < -0.39 is 6.04 Å². The third kappa shape index (κ3) is 5.24. The highest BCUT2D eigenvalue weighted by atomic mass is 32.1. The van der Waals surface area contributed by atoms with Gasteiger partial charge in [-0.1, -0.05) is 35.5 Å². The van der Waals surface area contributed by atoms with Gasteiger partial charge in [0, 0.05) is 4.88 Å². The first kappa shape index (κ1) is 24.3. The van der Waals surface area contributed by atoms with Crippen LogP contribution >= 0.6 is 11.3 Å². The van der Waals surface area contributed by atoms with Gasteiger partial charge >= 0.3 is 0 Å². The van der Waals surface area contributed by atoms with Gasteiger partial charge in [-0.3, -0.25) is 14.5 Å². The van der Waals surface area contributed by atoms with E-state index in [-0.39, 0.29) is 24.9 Å². The van der Waals surface area contributed by atoms with E-state index in [0.717, 1.165) is 5.52 Å². The largest absolute Gasteiger partial charge is 0.492 e. The second-order valence-corrected chi connectivity index (χ2v) is 9.09. The Kier molecular flexibility index (Phi) is 7.27. The summed E-state index contributed by atoms with van der Waals surface area (Å²) in [6.45, 7) is 2.35. The van der Waals surface area contributed by atoms with Crippen LogP contribution in [0.4, 0.5) is 5.69 Å². The highest BCUT2D eigenvalue weighted by Crippen LogP contribution is 2.37. The number of thiophene rings is 1. The van der Waals surface area contributed by atoms with Crippen molar-refractivity contribution in [2.45, 2.75) is 26.1 Å². The smallest absolute Gasteiger partial charge is 0.249 e. The standard InChI is InChI=1S/C27H25N5O4S/c1-2-35-23-13-6-5-12-22(23)32(25(33)18-31-21-11-4-3-10-20(21)29-30-31)26(24-14-8-16-37-24)27(34)28-17-19-9-7-15-36-19/h3-16,26H,2,17-18H2,1H3,(H,28,34)/t26-/m1/s1. The molecule has 2 amide bonds. The van der Waals surface area contributed by atoms with E-state index in [9.17, 15) is 9.59 Å². The predicted octanol–water partition coefficient (Wildman–Crippen LogP) is 4.58. The Labute approximate surface area is 217 Å². The molecule has 2 aromatic carbocycles. The number of para-hydroxylation sites is 3. The Hall–Kier alpha value is -4.44. The molecular weight excluding hydrogens is 490 g/mol. The number of rotatable bonds is 10. The van der Waals surface area contributed by atoms with Crippen molar-refractivity contribution < 1.29 is 18.7 Å². The molecule has 0 saturated heterocycles. The van der Waals surface area contributed by atoms with Crippen molar-refractivity contribution in [2.24, 2.45) is 0 Å². The van der Waals surface area contributed by atoms with Crippen LogP contribution in [0.25, 0.3) is 11.0 Å². The Morgan fingerprint density at radius 2 is 1.92 bits per heavy atom. The van der Waals surface area contributed by atoms with Gasteiger partial charge < -0.3 is 14.5 Å². The third-order valence-corrected chi connectivity index (χ3v) is 6.66. The Morgan fingerprint density at radius 1 is 1.08 bits per heavy atom. The molecule has 5 aromatic rings. The van der Waals surface area contributed by atoms with Gasteiger partial charge in [0.1, 0.15) is 29.6 Å². The Bertz CT molecular complexity index is 1480. The molecule has 0 aliphatic carbocycles. The minimum absolute atomic E-state index is 0.117. The van der Waals surface area contributed by atoms with E-state index in [1.165, 1.54) is 16.2 Å². The van der Waals surface area contributed by atoms with Crippen molar-refractivity contribution in [3.8, 4) is 5.75 Å². The molecule has 0 aliphatic rings. The summed E-state index contributed by atoms with van der Waals surface area (Å²) in [6.07, 6.45) is 1.55. The number of hydrogen-bond acceptors (Lipinski definition) is 7. The molecule has 1 N–H and O–H groups in total. The van der Waals surface area contributed by atoms with Crippen molar-refractivity contribution in [1.29, 1.82) is 0 Å². The van der Waals surface area contributed by atoms with Crippen LogP contribution in [-0.2, 0) is 22.7 Å². The SMILES string of the molecule is CCOc1ccccc1N(C(=O)Cn1nnc2ccccc21)[C@@H](C(=O)NCc1ccco1)c1cccs1. The van der Waals surface area contributed by atoms with Crippen molar-refractivity contribution in [1.82, 2.24) is 20.3 Å². The number of furan rings is 1. The van der Waals surface area contributed by atoms with Gasteiger partial charge in [-0.2, -0.15) is 0 Å². The summed E-state index contributed by atoms with van der Waals surface area (Å²) in [5.74, 6) is 0.429. The first-order chi connectivity index (χ1) is 18.2. The number of nitrogens with one attached hydrogen (secondary N) is 1. The number of amides is 2. The van der Waals surface area contributed by atoms with Crippen LogP contribution in [-0.4, -0.2) is 33.4 Å². The molecule has 0 aliphatic heterocycles.